The van der Waals surface area contributed by atoms with Gasteiger partial charge in [0.25, 0.3) is 5.69 Å². The number of hydrogen-bond acceptors (Lipinski definition) is 5. The summed E-state index contributed by atoms with van der Waals surface area (Å²) in [6, 6.07) is 8.20. The van der Waals surface area contributed by atoms with Gasteiger partial charge in [-0.3, -0.25) is 19.6 Å². The summed E-state index contributed by atoms with van der Waals surface area (Å²) in [7, 11) is 0. The van der Waals surface area contributed by atoms with Gasteiger partial charge in [0.2, 0.25) is 5.91 Å². The maximum Gasteiger partial charge on any atom is 0.435 e. The standard InChI is InChI=1S/C21H18ClF3N4O4/c1-11-6-14(22)4-5-18(11)33-17-9-15(8-16(10-17)29(31)32)26-20(30)13(3)28-12(2)7-19(27-28)21(23,24)25/h4-10,13H,1-3H3,(H,26,30). The van der Waals surface area contributed by atoms with E-state index in [2.05, 4.69) is 10.4 Å². The summed E-state index contributed by atoms with van der Waals surface area (Å²) < 4.78 is 45.4. The molecule has 12 heteroatoms. The van der Waals surface area contributed by atoms with Gasteiger partial charge in [-0.1, -0.05) is 11.6 Å². The van der Waals surface area contributed by atoms with Gasteiger partial charge >= 0.3 is 6.18 Å². The molecule has 1 aromatic heterocycles. The predicted octanol–water partition coefficient (Wildman–Crippen LogP) is 6.07. The molecule has 0 fully saturated rings. The Bertz CT molecular complexity index is 1230. The highest BCUT2D eigenvalue weighted by molar-refractivity contribution is 6.30. The molecule has 0 aliphatic carbocycles. The molecule has 1 atom stereocenters. The van der Waals surface area contributed by atoms with Gasteiger partial charge in [-0.25, -0.2) is 0 Å². The predicted molar refractivity (Wildman–Crippen MR) is 115 cm³/mol. The quantitative estimate of drug-likeness (QED) is 0.339. The Morgan fingerprint density at radius 2 is 1.91 bits per heavy atom. The molecule has 3 aromatic rings. The first-order valence-electron chi connectivity index (χ1n) is 9.53. The van der Waals surface area contributed by atoms with Crippen LogP contribution >= 0.6 is 11.6 Å². The number of carbonyl (C=O) groups is 1. The van der Waals surface area contributed by atoms with E-state index in [9.17, 15) is 28.1 Å². The minimum atomic E-state index is -4.65. The molecule has 1 amide bonds. The van der Waals surface area contributed by atoms with E-state index in [1.54, 1.807) is 25.1 Å². The lowest BCUT2D eigenvalue weighted by atomic mass is 10.2. The van der Waals surface area contributed by atoms with Crippen molar-refractivity contribution in [1.82, 2.24) is 9.78 Å². The first-order chi connectivity index (χ1) is 15.3. The highest BCUT2D eigenvalue weighted by atomic mass is 35.5. The fourth-order valence-electron chi connectivity index (χ4n) is 3.05. The number of halogens is 4. The van der Waals surface area contributed by atoms with Crippen LogP contribution in [0.1, 0.15) is 29.9 Å². The number of anilines is 1. The highest BCUT2D eigenvalue weighted by Gasteiger charge is 2.35. The lowest BCUT2D eigenvalue weighted by Crippen LogP contribution is -2.25. The number of ether oxygens (including phenoxy) is 1. The summed E-state index contributed by atoms with van der Waals surface area (Å²) >= 11 is 5.93. The number of non-ortho nitro benzene ring substituents is 1. The van der Waals surface area contributed by atoms with Crippen molar-refractivity contribution in [3.63, 3.8) is 0 Å². The van der Waals surface area contributed by atoms with Crippen molar-refractivity contribution in [2.75, 3.05) is 5.32 Å². The second-order valence-electron chi connectivity index (χ2n) is 7.26. The molecular weight excluding hydrogens is 465 g/mol. The summed E-state index contributed by atoms with van der Waals surface area (Å²) in [5.41, 5.74) is -0.627. The van der Waals surface area contributed by atoms with Crippen LogP contribution in [0.2, 0.25) is 5.02 Å². The third-order valence-corrected chi connectivity index (χ3v) is 4.93. The fraction of sp³-hybridized carbons (Fsp3) is 0.238. The molecule has 0 saturated heterocycles. The monoisotopic (exact) mass is 482 g/mol. The average Bonchev–Trinajstić information content (AvgIpc) is 3.11. The number of nitro benzene ring substituents is 1. The van der Waals surface area contributed by atoms with Crippen LogP contribution < -0.4 is 10.1 Å². The molecule has 1 N–H and O–H groups in total. The number of aromatic nitrogens is 2. The zero-order valence-corrected chi connectivity index (χ0v) is 18.4. The second kappa shape index (κ2) is 9.10. The minimum Gasteiger partial charge on any atom is -0.457 e. The third-order valence-electron chi connectivity index (χ3n) is 4.69. The molecule has 174 valence electrons. The number of carbonyl (C=O) groups excluding carboxylic acids is 1. The average molecular weight is 483 g/mol. The third kappa shape index (κ3) is 5.61. The van der Waals surface area contributed by atoms with E-state index in [4.69, 9.17) is 16.3 Å². The smallest absolute Gasteiger partial charge is 0.435 e. The maximum atomic E-state index is 12.9. The Kier molecular flexibility index (Phi) is 6.63. The number of nitro groups is 1. The van der Waals surface area contributed by atoms with Crippen LogP contribution in [-0.4, -0.2) is 20.6 Å². The summed E-state index contributed by atoms with van der Waals surface area (Å²) in [6.45, 7) is 4.49. The number of nitrogens with zero attached hydrogens (tertiary/aromatic N) is 3. The number of amides is 1. The molecule has 0 radical (unpaired) electrons. The van der Waals surface area contributed by atoms with E-state index < -0.39 is 28.7 Å². The Morgan fingerprint density at radius 3 is 2.48 bits per heavy atom. The summed E-state index contributed by atoms with van der Waals surface area (Å²) in [5.74, 6) is -0.242. The highest BCUT2D eigenvalue weighted by Crippen LogP contribution is 2.33. The first kappa shape index (κ1) is 24.1. The Balaban J connectivity index is 1.87. The van der Waals surface area contributed by atoms with Crippen molar-refractivity contribution in [1.29, 1.82) is 0 Å². The molecule has 0 saturated carbocycles. The van der Waals surface area contributed by atoms with E-state index in [0.717, 1.165) is 16.8 Å². The van der Waals surface area contributed by atoms with Gasteiger partial charge < -0.3 is 10.1 Å². The van der Waals surface area contributed by atoms with Crippen LogP contribution in [-0.2, 0) is 11.0 Å². The normalized spacial score (nSPS) is 12.3. The van der Waals surface area contributed by atoms with Gasteiger partial charge in [0.05, 0.1) is 16.7 Å². The van der Waals surface area contributed by atoms with Gasteiger partial charge in [-0.05, 0) is 50.6 Å². The zero-order valence-electron chi connectivity index (χ0n) is 17.6. The summed E-state index contributed by atoms with van der Waals surface area (Å²) in [5, 5.41) is 17.8. The molecule has 1 heterocycles. The van der Waals surface area contributed by atoms with E-state index in [1.165, 1.54) is 26.0 Å². The number of rotatable bonds is 6. The van der Waals surface area contributed by atoms with Crippen LogP contribution in [0, 0.1) is 24.0 Å². The van der Waals surface area contributed by atoms with Crippen LogP contribution in [0.5, 0.6) is 11.5 Å². The van der Waals surface area contributed by atoms with Crippen LogP contribution in [0.3, 0.4) is 0 Å². The van der Waals surface area contributed by atoms with E-state index in [0.29, 0.717) is 16.3 Å². The number of benzene rings is 2. The van der Waals surface area contributed by atoms with E-state index in [1.807, 2.05) is 0 Å². The number of hydrogen-bond donors (Lipinski definition) is 1. The molecule has 0 aliphatic rings. The maximum absolute atomic E-state index is 12.9. The second-order valence-corrected chi connectivity index (χ2v) is 7.70. The lowest BCUT2D eigenvalue weighted by molar-refractivity contribution is -0.384. The molecule has 0 aliphatic heterocycles. The van der Waals surface area contributed by atoms with Gasteiger partial charge in [0.1, 0.15) is 17.5 Å². The molecule has 0 bridgehead atoms. The Hall–Kier alpha value is -3.60. The Labute approximate surface area is 191 Å². The van der Waals surface area contributed by atoms with Crippen molar-refractivity contribution >= 4 is 28.9 Å². The molecule has 2 aromatic carbocycles. The molecule has 0 spiro atoms. The van der Waals surface area contributed by atoms with Crippen molar-refractivity contribution in [3.05, 3.63) is 74.6 Å². The largest absolute Gasteiger partial charge is 0.457 e. The molecule has 1 unspecified atom stereocenters. The Morgan fingerprint density at radius 1 is 1.21 bits per heavy atom. The molecule has 3 rings (SSSR count). The van der Waals surface area contributed by atoms with Crippen molar-refractivity contribution in [2.45, 2.75) is 33.0 Å². The fourth-order valence-corrected chi connectivity index (χ4v) is 3.28. The van der Waals surface area contributed by atoms with Crippen LogP contribution in [0.15, 0.2) is 42.5 Å². The van der Waals surface area contributed by atoms with Gasteiger partial charge in [-0.2, -0.15) is 18.3 Å². The van der Waals surface area contributed by atoms with Gasteiger partial charge in [0.15, 0.2) is 5.69 Å². The number of alkyl halides is 3. The van der Waals surface area contributed by atoms with Crippen LogP contribution in [0.25, 0.3) is 0 Å². The molecular formula is C21H18ClF3N4O4. The molecule has 33 heavy (non-hydrogen) atoms. The number of aryl methyl sites for hydroxylation is 2. The van der Waals surface area contributed by atoms with Crippen molar-refractivity contribution < 1.29 is 27.6 Å². The van der Waals surface area contributed by atoms with E-state index >= 15 is 0 Å². The minimum absolute atomic E-state index is 0.0310. The van der Waals surface area contributed by atoms with Gasteiger partial charge in [-0.15, -0.1) is 0 Å². The first-order valence-corrected chi connectivity index (χ1v) is 9.90. The topological polar surface area (TPSA) is 99.3 Å². The van der Waals surface area contributed by atoms with Gasteiger partial charge in [0, 0.05) is 22.8 Å². The van der Waals surface area contributed by atoms with Crippen LogP contribution in [0.4, 0.5) is 24.5 Å². The molecule has 8 nitrogen and oxygen atoms in total. The SMILES string of the molecule is Cc1cc(Cl)ccc1Oc1cc(NC(=O)C(C)n2nc(C(F)(F)F)cc2C)cc([N+](=O)[O-])c1. The zero-order chi connectivity index (χ0) is 24.5. The van der Waals surface area contributed by atoms with Crippen molar-refractivity contribution in [3.8, 4) is 11.5 Å². The summed E-state index contributed by atoms with van der Waals surface area (Å²) in [6.07, 6.45) is -4.65. The van der Waals surface area contributed by atoms with Crippen molar-refractivity contribution in [2.24, 2.45) is 0 Å². The number of nitrogens with one attached hydrogen (secondary N) is 1. The lowest BCUT2D eigenvalue weighted by Gasteiger charge is -2.15. The summed E-state index contributed by atoms with van der Waals surface area (Å²) in [4.78, 5) is 23.4. The van der Waals surface area contributed by atoms with E-state index in [-0.39, 0.29) is 22.8 Å².